The maximum atomic E-state index is 5.82. The van der Waals surface area contributed by atoms with Gasteiger partial charge in [-0.1, -0.05) is 24.3 Å². The van der Waals surface area contributed by atoms with Crippen molar-refractivity contribution in [2.45, 2.75) is 6.92 Å². The van der Waals surface area contributed by atoms with Crippen molar-refractivity contribution in [2.75, 3.05) is 44.7 Å². The molecular weight excluding hydrogens is 386 g/mol. The van der Waals surface area contributed by atoms with E-state index in [2.05, 4.69) is 62.4 Å². The first-order valence-electron chi connectivity index (χ1n) is 10.8. The van der Waals surface area contributed by atoms with Crippen molar-refractivity contribution >= 4 is 16.7 Å². The molecule has 1 aliphatic rings. The molecule has 5 rings (SSSR count). The van der Waals surface area contributed by atoms with Gasteiger partial charge >= 0.3 is 0 Å². The van der Waals surface area contributed by atoms with Gasteiger partial charge in [0.05, 0.1) is 6.61 Å². The molecule has 0 amide bonds. The first-order chi connectivity index (χ1) is 15.2. The van der Waals surface area contributed by atoms with Crippen molar-refractivity contribution in [1.82, 2.24) is 20.1 Å². The van der Waals surface area contributed by atoms with E-state index in [0.29, 0.717) is 6.61 Å². The van der Waals surface area contributed by atoms with Crippen molar-refractivity contribution in [3.05, 3.63) is 60.8 Å². The molecule has 0 bridgehead atoms. The monoisotopic (exact) mass is 413 g/mol. The van der Waals surface area contributed by atoms with Crippen LogP contribution in [0, 0.1) is 0 Å². The third kappa shape index (κ3) is 3.86. The third-order valence-electron chi connectivity index (χ3n) is 5.93. The maximum absolute atomic E-state index is 5.82. The van der Waals surface area contributed by atoms with Gasteiger partial charge in [0, 0.05) is 54.6 Å². The number of likely N-dealkylation sites (N-methyl/N-ethyl adjacent to an activating group) is 1. The molecule has 3 heterocycles. The smallest absolute Gasteiger partial charge is 0.155 e. The van der Waals surface area contributed by atoms with Crippen LogP contribution in [0.1, 0.15) is 6.92 Å². The molecule has 4 aromatic rings. The zero-order chi connectivity index (χ0) is 21.2. The summed E-state index contributed by atoms with van der Waals surface area (Å²) >= 11 is 0. The second-order valence-corrected chi connectivity index (χ2v) is 7.96. The number of hydrogen-bond acceptors (Lipinski definition) is 5. The number of pyridine rings is 1. The molecule has 0 unspecified atom stereocenters. The van der Waals surface area contributed by atoms with Gasteiger partial charge in [0.1, 0.15) is 11.4 Å². The lowest BCUT2D eigenvalue weighted by Crippen LogP contribution is -2.44. The van der Waals surface area contributed by atoms with Gasteiger partial charge in [0.25, 0.3) is 0 Å². The van der Waals surface area contributed by atoms with E-state index in [9.17, 15) is 0 Å². The Balaban J connectivity index is 1.47. The summed E-state index contributed by atoms with van der Waals surface area (Å²) in [6.07, 6.45) is 1.91. The Morgan fingerprint density at radius 2 is 1.74 bits per heavy atom. The molecular formula is C25H27N5O. The summed E-state index contributed by atoms with van der Waals surface area (Å²) in [6.45, 7) is 6.96. The number of piperazine rings is 1. The number of rotatable bonds is 5. The standard InChI is InChI=1S/C25H27N5O/c1-3-31-23-7-5-4-6-21(23)24-22-16-19(17-26-25(22)28-27-24)18-8-10-20(11-9-18)30-14-12-29(2)13-15-30/h4-11,16-17H,3,12-15H2,1-2H3,(H,26,27,28). The van der Waals surface area contributed by atoms with Crippen LogP contribution in [0.15, 0.2) is 60.8 Å². The summed E-state index contributed by atoms with van der Waals surface area (Å²) in [6, 6.07) is 19.0. The predicted octanol–water partition coefficient (Wildman–Crippen LogP) is 4.44. The van der Waals surface area contributed by atoms with Crippen LogP contribution in [-0.2, 0) is 0 Å². The third-order valence-corrected chi connectivity index (χ3v) is 5.93. The molecule has 0 atom stereocenters. The summed E-state index contributed by atoms with van der Waals surface area (Å²) in [7, 11) is 2.18. The van der Waals surface area contributed by atoms with E-state index in [1.165, 1.54) is 5.69 Å². The van der Waals surface area contributed by atoms with Crippen molar-refractivity contribution in [3.8, 4) is 28.1 Å². The van der Waals surface area contributed by atoms with Crippen LogP contribution in [0.5, 0.6) is 5.75 Å². The SMILES string of the molecule is CCOc1ccccc1-c1n[nH]c2ncc(-c3ccc(N4CCN(C)CC4)cc3)cc12. The summed E-state index contributed by atoms with van der Waals surface area (Å²) in [5.74, 6) is 0.834. The number of para-hydroxylation sites is 1. The minimum absolute atomic E-state index is 0.614. The number of ether oxygens (including phenoxy) is 1. The van der Waals surface area contributed by atoms with Crippen LogP contribution in [0.25, 0.3) is 33.4 Å². The molecule has 158 valence electrons. The van der Waals surface area contributed by atoms with E-state index in [0.717, 1.165) is 65.3 Å². The second kappa shape index (κ2) is 8.40. The van der Waals surface area contributed by atoms with Gasteiger partial charge in [0.15, 0.2) is 5.65 Å². The normalized spacial score (nSPS) is 14.8. The number of aromatic nitrogens is 3. The van der Waals surface area contributed by atoms with E-state index in [1.54, 1.807) is 0 Å². The Morgan fingerprint density at radius 3 is 2.52 bits per heavy atom. The molecule has 2 aromatic heterocycles. The van der Waals surface area contributed by atoms with Gasteiger partial charge in [-0.3, -0.25) is 5.10 Å². The maximum Gasteiger partial charge on any atom is 0.155 e. The molecule has 0 radical (unpaired) electrons. The minimum atomic E-state index is 0.614. The van der Waals surface area contributed by atoms with Crippen LogP contribution >= 0.6 is 0 Å². The van der Waals surface area contributed by atoms with Crippen LogP contribution in [-0.4, -0.2) is 59.9 Å². The number of H-pyrrole nitrogens is 1. The van der Waals surface area contributed by atoms with Crippen molar-refractivity contribution in [3.63, 3.8) is 0 Å². The van der Waals surface area contributed by atoms with Gasteiger partial charge < -0.3 is 14.5 Å². The highest BCUT2D eigenvalue weighted by Gasteiger charge is 2.16. The summed E-state index contributed by atoms with van der Waals surface area (Å²) in [5.41, 5.74) is 6.12. The van der Waals surface area contributed by atoms with E-state index in [-0.39, 0.29) is 0 Å². The molecule has 1 saturated heterocycles. The lowest BCUT2D eigenvalue weighted by atomic mass is 10.0. The topological polar surface area (TPSA) is 57.3 Å². The number of anilines is 1. The van der Waals surface area contributed by atoms with Crippen molar-refractivity contribution < 1.29 is 4.74 Å². The Kier molecular flexibility index (Phi) is 5.30. The number of benzene rings is 2. The molecule has 0 spiro atoms. The molecule has 0 saturated carbocycles. The zero-order valence-electron chi connectivity index (χ0n) is 18.0. The first-order valence-corrected chi connectivity index (χ1v) is 10.8. The number of fused-ring (bicyclic) bond motifs is 1. The lowest BCUT2D eigenvalue weighted by Gasteiger charge is -2.34. The number of nitrogens with zero attached hydrogens (tertiary/aromatic N) is 4. The largest absolute Gasteiger partial charge is 0.493 e. The molecule has 31 heavy (non-hydrogen) atoms. The van der Waals surface area contributed by atoms with Gasteiger partial charge in [-0.2, -0.15) is 5.10 Å². The fourth-order valence-corrected chi connectivity index (χ4v) is 4.14. The molecule has 2 aromatic carbocycles. The van der Waals surface area contributed by atoms with Crippen molar-refractivity contribution in [1.29, 1.82) is 0 Å². The fraction of sp³-hybridized carbons (Fsp3) is 0.280. The minimum Gasteiger partial charge on any atom is -0.493 e. The van der Waals surface area contributed by atoms with Crippen LogP contribution in [0.3, 0.4) is 0 Å². The van der Waals surface area contributed by atoms with Crippen LogP contribution in [0.2, 0.25) is 0 Å². The van der Waals surface area contributed by atoms with Gasteiger partial charge in [-0.15, -0.1) is 0 Å². The molecule has 1 N–H and O–H groups in total. The molecule has 0 aliphatic carbocycles. The Hall–Kier alpha value is -3.38. The molecule has 1 fully saturated rings. The molecule has 6 nitrogen and oxygen atoms in total. The average Bonchev–Trinajstić information content (AvgIpc) is 3.23. The highest BCUT2D eigenvalue weighted by molar-refractivity contribution is 5.94. The highest BCUT2D eigenvalue weighted by atomic mass is 16.5. The summed E-state index contributed by atoms with van der Waals surface area (Å²) in [4.78, 5) is 9.45. The second-order valence-electron chi connectivity index (χ2n) is 7.96. The Labute approximate surface area is 182 Å². The van der Waals surface area contributed by atoms with E-state index >= 15 is 0 Å². The lowest BCUT2D eigenvalue weighted by molar-refractivity contribution is 0.313. The van der Waals surface area contributed by atoms with Gasteiger partial charge in [-0.05, 0) is 49.9 Å². The van der Waals surface area contributed by atoms with Crippen LogP contribution in [0.4, 0.5) is 5.69 Å². The molecule has 1 aliphatic heterocycles. The zero-order valence-corrected chi connectivity index (χ0v) is 18.0. The molecule has 6 heteroatoms. The Morgan fingerprint density at radius 1 is 0.968 bits per heavy atom. The highest BCUT2D eigenvalue weighted by Crippen LogP contribution is 2.34. The Bertz CT molecular complexity index is 1180. The van der Waals surface area contributed by atoms with Crippen molar-refractivity contribution in [2.24, 2.45) is 0 Å². The summed E-state index contributed by atoms with van der Waals surface area (Å²) < 4.78 is 5.82. The fourth-order valence-electron chi connectivity index (χ4n) is 4.14. The summed E-state index contributed by atoms with van der Waals surface area (Å²) in [5, 5.41) is 8.60. The van der Waals surface area contributed by atoms with E-state index in [4.69, 9.17) is 4.74 Å². The quantitative estimate of drug-likeness (QED) is 0.524. The van der Waals surface area contributed by atoms with Gasteiger partial charge in [0.2, 0.25) is 0 Å². The predicted molar refractivity (Wildman–Crippen MR) is 126 cm³/mol. The van der Waals surface area contributed by atoms with E-state index < -0.39 is 0 Å². The first kappa shape index (κ1) is 19.6. The number of aromatic amines is 1. The van der Waals surface area contributed by atoms with E-state index in [1.807, 2.05) is 37.4 Å². The van der Waals surface area contributed by atoms with Gasteiger partial charge in [-0.25, -0.2) is 4.98 Å². The number of hydrogen-bond donors (Lipinski definition) is 1. The average molecular weight is 414 g/mol. The van der Waals surface area contributed by atoms with Crippen LogP contribution < -0.4 is 9.64 Å². The number of nitrogens with one attached hydrogen (secondary N) is 1.